The summed E-state index contributed by atoms with van der Waals surface area (Å²) in [6.07, 6.45) is 6.89. The quantitative estimate of drug-likeness (QED) is 0.571. The number of imidazole rings is 1. The summed E-state index contributed by atoms with van der Waals surface area (Å²) in [6, 6.07) is 2.01. The van der Waals surface area contributed by atoms with Gasteiger partial charge in [0.15, 0.2) is 5.65 Å². The summed E-state index contributed by atoms with van der Waals surface area (Å²) < 4.78 is 9.03. The standard InChI is InChI=1S/C14H13N7O/c1-9-5-10(2)21(18-9)8-13-17-14(19-22-13)11-6-16-12-7-15-3-4-20(11)12/h3-7H,8H2,1-2H3. The van der Waals surface area contributed by atoms with Crippen LogP contribution in [0.3, 0.4) is 0 Å². The summed E-state index contributed by atoms with van der Waals surface area (Å²) in [7, 11) is 0. The molecule has 8 nitrogen and oxygen atoms in total. The predicted molar refractivity (Wildman–Crippen MR) is 77.1 cm³/mol. The molecule has 0 atom stereocenters. The van der Waals surface area contributed by atoms with E-state index in [1.54, 1.807) is 18.6 Å². The molecule has 0 aromatic carbocycles. The van der Waals surface area contributed by atoms with E-state index in [1.807, 2.05) is 35.2 Å². The monoisotopic (exact) mass is 295 g/mol. The Morgan fingerprint density at radius 2 is 2.14 bits per heavy atom. The van der Waals surface area contributed by atoms with Crippen molar-refractivity contribution in [1.29, 1.82) is 0 Å². The molecule has 0 fully saturated rings. The van der Waals surface area contributed by atoms with E-state index in [0.717, 1.165) is 22.7 Å². The van der Waals surface area contributed by atoms with Crippen LogP contribution < -0.4 is 0 Å². The number of aromatic nitrogens is 7. The Hall–Kier alpha value is -3.03. The van der Waals surface area contributed by atoms with Crippen molar-refractivity contribution in [3.05, 3.63) is 48.1 Å². The molecule has 0 saturated carbocycles. The van der Waals surface area contributed by atoms with Crippen LogP contribution >= 0.6 is 0 Å². The van der Waals surface area contributed by atoms with Gasteiger partial charge in [-0.15, -0.1) is 0 Å². The number of hydrogen-bond acceptors (Lipinski definition) is 6. The van der Waals surface area contributed by atoms with E-state index >= 15 is 0 Å². The van der Waals surface area contributed by atoms with E-state index in [9.17, 15) is 0 Å². The number of nitrogens with zero attached hydrogens (tertiary/aromatic N) is 7. The molecule has 0 bridgehead atoms. The average Bonchev–Trinajstić information content (AvgIpc) is 3.18. The fourth-order valence-corrected chi connectivity index (χ4v) is 2.39. The van der Waals surface area contributed by atoms with Crippen molar-refractivity contribution >= 4 is 5.65 Å². The molecule has 4 aromatic rings. The molecule has 4 aromatic heterocycles. The zero-order valence-corrected chi connectivity index (χ0v) is 12.1. The van der Waals surface area contributed by atoms with Crippen LogP contribution in [0.4, 0.5) is 0 Å². The Morgan fingerprint density at radius 3 is 2.95 bits per heavy atom. The lowest BCUT2D eigenvalue weighted by molar-refractivity contribution is 0.364. The maximum Gasteiger partial charge on any atom is 0.248 e. The molecule has 0 spiro atoms. The molecule has 4 rings (SSSR count). The van der Waals surface area contributed by atoms with Gasteiger partial charge in [0, 0.05) is 18.1 Å². The Kier molecular flexibility index (Phi) is 2.75. The summed E-state index contributed by atoms with van der Waals surface area (Å²) in [5.74, 6) is 1.00. The fourth-order valence-electron chi connectivity index (χ4n) is 2.39. The van der Waals surface area contributed by atoms with Gasteiger partial charge in [0.1, 0.15) is 12.2 Å². The summed E-state index contributed by atoms with van der Waals surface area (Å²) in [4.78, 5) is 12.7. The van der Waals surface area contributed by atoms with Crippen LogP contribution in [0.5, 0.6) is 0 Å². The first-order chi connectivity index (χ1) is 10.7. The second kappa shape index (κ2) is 4.76. The maximum absolute atomic E-state index is 5.33. The van der Waals surface area contributed by atoms with Crippen LogP contribution in [0, 0.1) is 13.8 Å². The van der Waals surface area contributed by atoms with Gasteiger partial charge < -0.3 is 4.52 Å². The van der Waals surface area contributed by atoms with Crippen molar-refractivity contribution in [3.63, 3.8) is 0 Å². The first-order valence-electron chi connectivity index (χ1n) is 6.82. The normalized spacial score (nSPS) is 11.4. The van der Waals surface area contributed by atoms with Crippen LogP contribution in [0.2, 0.25) is 0 Å². The van der Waals surface area contributed by atoms with E-state index in [2.05, 4.69) is 25.2 Å². The highest BCUT2D eigenvalue weighted by atomic mass is 16.5. The van der Waals surface area contributed by atoms with E-state index in [4.69, 9.17) is 4.52 Å². The van der Waals surface area contributed by atoms with Crippen molar-refractivity contribution in [2.24, 2.45) is 0 Å². The van der Waals surface area contributed by atoms with Crippen molar-refractivity contribution in [2.75, 3.05) is 0 Å². The minimum Gasteiger partial charge on any atom is -0.337 e. The maximum atomic E-state index is 5.33. The number of hydrogen-bond donors (Lipinski definition) is 0. The van der Waals surface area contributed by atoms with Crippen LogP contribution in [0.1, 0.15) is 17.3 Å². The molecule has 0 saturated heterocycles. The molecule has 0 N–H and O–H groups in total. The minimum absolute atomic E-state index is 0.449. The first-order valence-corrected chi connectivity index (χ1v) is 6.82. The molecule has 0 aliphatic rings. The molecule has 0 aliphatic heterocycles. The van der Waals surface area contributed by atoms with E-state index < -0.39 is 0 Å². The van der Waals surface area contributed by atoms with Gasteiger partial charge >= 0.3 is 0 Å². The van der Waals surface area contributed by atoms with E-state index in [-0.39, 0.29) is 0 Å². The van der Waals surface area contributed by atoms with E-state index in [0.29, 0.717) is 18.3 Å². The average molecular weight is 295 g/mol. The molecule has 0 aliphatic carbocycles. The van der Waals surface area contributed by atoms with Gasteiger partial charge in [-0.3, -0.25) is 14.1 Å². The summed E-state index contributed by atoms with van der Waals surface area (Å²) >= 11 is 0. The topological polar surface area (TPSA) is 86.9 Å². The van der Waals surface area contributed by atoms with Crippen LogP contribution in [0.15, 0.2) is 35.4 Å². The number of fused-ring (bicyclic) bond motifs is 1. The summed E-state index contributed by atoms with van der Waals surface area (Å²) in [5, 5.41) is 8.42. The number of aryl methyl sites for hydroxylation is 2. The second-order valence-electron chi connectivity index (χ2n) is 5.04. The number of rotatable bonds is 3. The van der Waals surface area contributed by atoms with Gasteiger partial charge in [-0.2, -0.15) is 10.1 Å². The third kappa shape index (κ3) is 2.05. The van der Waals surface area contributed by atoms with Gasteiger partial charge in [0.2, 0.25) is 11.7 Å². The predicted octanol–water partition coefficient (Wildman–Crippen LogP) is 1.64. The van der Waals surface area contributed by atoms with Crippen LogP contribution in [-0.2, 0) is 6.54 Å². The van der Waals surface area contributed by atoms with Crippen LogP contribution in [0.25, 0.3) is 17.2 Å². The lowest BCUT2D eigenvalue weighted by atomic mass is 10.4. The highest BCUT2D eigenvalue weighted by Crippen LogP contribution is 2.17. The molecule has 22 heavy (non-hydrogen) atoms. The Balaban J connectivity index is 1.68. The van der Waals surface area contributed by atoms with Gasteiger partial charge in [-0.1, -0.05) is 5.16 Å². The third-order valence-corrected chi connectivity index (χ3v) is 3.40. The van der Waals surface area contributed by atoms with Gasteiger partial charge in [0.25, 0.3) is 0 Å². The van der Waals surface area contributed by atoms with Gasteiger partial charge in [-0.25, -0.2) is 4.98 Å². The highest BCUT2D eigenvalue weighted by Gasteiger charge is 2.14. The zero-order chi connectivity index (χ0) is 15.1. The molecular formula is C14H13N7O. The molecule has 0 unspecified atom stereocenters. The lowest BCUT2D eigenvalue weighted by Crippen LogP contribution is -2.04. The minimum atomic E-state index is 0.449. The Labute approximate surface area is 125 Å². The van der Waals surface area contributed by atoms with Crippen LogP contribution in [-0.4, -0.2) is 34.3 Å². The largest absolute Gasteiger partial charge is 0.337 e. The van der Waals surface area contributed by atoms with Crippen molar-refractivity contribution < 1.29 is 4.52 Å². The zero-order valence-electron chi connectivity index (χ0n) is 12.1. The van der Waals surface area contributed by atoms with Gasteiger partial charge in [0.05, 0.1) is 18.1 Å². The fraction of sp³-hybridized carbons (Fsp3) is 0.214. The highest BCUT2D eigenvalue weighted by molar-refractivity contribution is 5.55. The summed E-state index contributed by atoms with van der Waals surface area (Å²) in [6.45, 7) is 4.40. The SMILES string of the molecule is Cc1cc(C)n(Cc2nc(-c3cnc4cnccn34)no2)n1. The molecule has 110 valence electrons. The van der Waals surface area contributed by atoms with Gasteiger partial charge in [-0.05, 0) is 19.9 Å². The lowest BCUT2D eigenvalue weighted by Gasteiger charge is -1.98. The van der Waals surface area contributed by atoms with Crippen molar-refractivity contribution in [2.45, 2.75) is 20.4 Å². The first kappa shape index (κ1) is 12.7. The molecular weight excluding hydrogens is 282 g/mol. The Morgan fingerprint density at radius 1 is 1.23 bits per heavy atom. The molecule has 8 heteroatoms. The van der Waals surface area contributed by atoms with Crippen molar-refractivity contribution in [3.8, 4) is 11.5 Å². The third-order valence-electron chi connectivity index (χ3n) is 3.40. The molecule has 4 heterocycles. The van der Waals surface area contributed by atoms with E-state index in [1.165, 1.54) is 0 Å². The Bertz CT molecular complexity index is 949. The smallest absolute Gasteiger partial charge is 0.248 e. The second-order valence-corrected chi connectivity index (χ2v) is 5.04. The molecule has 0 radical (unpaired) electrons. The molecule has 0 amide bonds. The van der Waals surface area contributed by atoms with Crippen molar-refractivity contribution in [1.82, 2.24) is 34.3 Å². The summed E-state index contributed by atoms with van der Waals surface area (Å²) in [5.41, 5.74) is 3.52.